The third-order valence-electron chi connectivity index (χ3n) is 3.01. The Morgan fingerprint density at radius 3 is 2.53 bits per heavy atom. The van der Waals surface area contributed by atoms with E-state index in [-0.39, 0.29) is 0 Å². The van der Waals surface area contributed by atoms with Crippen molar-refractivity contribution in [1.82, 2.24) is 4.37 Å². The summed E-state index contributed by atoms with van der Waals surface area (Å²) >= 11 is 1.65. The summed E-state index contributed by atoms with van der Waals surface area (Å²) in [4.78, 5) is 1.43. The second-order valence-corrected chi connectivity index (χ2v) is 5.76. The average Bonchev–Trinajstić information content (AvgIpc) is 2.70. The lowest BCUT2D eigenvalue weighted by atomic mass is 9.85. The predicted octanol–water partition coefficient (Wildman–Crippen LogP) is 4.78. The van der Waals surface area contributed by atoms with Gasteiger partial charge in [-0.25, -0.2) is 4.37 Å². The molecule has 0 fully saturated rings. The van der Waals surface area contributed by atoms with Crippen LogP contribution >= 0.6 is 11.5 Å². The van der Waals surface area contributed by atoms with Crippen LogP contribution in [0.2, 0.25) is 0 Å². The van der Waals surface area contributed by atoms with Crippen molar-refractivity contribution in [3.05, 3.63) is 17.1 Å². The first-order valence-corrected chi connectivity index (χ1v) is 6.85. The van der Waals surface area contributed by atoms with Gasteiger partial charge in [-0.3, -0.25) is 0 Å². The topological polar surface area (TPSA) is 12.9 Å². The molecule has 0 aromatic carbocycles. The van der Waals surface area contributed by atoms with Crippen LogP contribution in [-0.4, -0.2) is 4.37 Å². The second kappa shape index (κ2) is 6.26. The molecule has 0 saturated heterocycles. The van der Waals surface area contributed by atoms with E-state index in [9.17, 15) is 0 Å². The Morgan fingerprint density at radius 2 is 1.93 bits per heavy atom. The first-order valence-electron chi connectivity index (χ1n) is 6.08. The number of rotatable bonds is 7. The molecular weight excluding hydrogens is 202 g/mol. The van der Waals surface area contributed by atoms with Gasteiger partial charge in [0.25, 0.3) is 0 Å². The van der Waals surface area contributed by atoms with Crippen molar-refractivity contribution < 1.29 is 0 Å². The van der Waals surface area contributed by atoms with Gasteiger partial charge in [0.2, 0.25) is 0 Å². The molecule has 0 aliphatic carbocycles. The number of hydrogen-bond acceptors (Lipinski definition) is 2. The van der Waals surface area contributed by atoms with E-state index >= 15 is 0 Å². The maximum absolute atomic E-state index is 4.19. The van der Waals surface area contributed by atoms with E-state index in [4.69, 9.17) is 0 Å². The zero-order chi connectivity index (χ0) is 11.1. The standard InChI is InChI=1S/C13H23NS/c1-4-5-6-7-8-10-13(2,3)12-9-11-14-15-12/h9,11H,4-8,10H2,1-3H3. The van der Waals surface area contributed by atoms with Gasteiger partial charge >= 0.3 is 0 Å². The molecule has 1 aromatic heterocycles. The van der Waals surface area contributed by atoms with Crippen LogP contribution in [0.15, 0.2) is 12.3 Å². The lowest BCUT2D eigenvalue weighted by Crippen LogP contribution is -2.14. The quantitative estimate of drug-likeness (QED) is 0.608. The lowest BCUT2D eigenvalue weighted by molar-refractivity contribution is 0.451. The van der Waals surface area contributed by atoms with Crippen molar-refractivity contribution in [1.29, 1.82) is 0 Å². The Labute approximate surface area is 98.1 Å². The Hall–Kier alpha value is -0.370. The summed E-state index contributed by atoms with van der Waals surface area (Å²) in [6, 6.07) is 2.16. The molecule has 0 unspecified atom stereocenters. The van der Waals surface area contributed by atoms with Crippen LogP contribution in [0.1, 0.15) is 64.2 Å². The van der Waals surface area contributed by atoms with Crippen molar-refractivity contribution in [2.24, 2.45) is 0 Å². The SMILES string of the molecule is CCCCCCCC(C)(C)c1ccns1. The molecule has 0 atom stereocenters. The third-order valence-corrected chi connectivity index (χ3v) is 4.12. The molecule has 2 heteroatoms. The molecular formula is C13H23NS. The summed E-state index contributed by atoms with van der Waals surface area (Å²) in [6.45, 7) is 6.93. The molecule has 0 bridgehead atoms. The first kappa shape index (κ1) is 12.7. The van der Waals surface area contributed by atoms with Crippen LogP contribution < -0.4 is 0 Å². The van der Waals surface area contributed by atoms with Gasteiger partial charge in [0.15, 0.2) is 0 Å². The fraction of sp³-hybridized carbons (Fsp3) is 0.769. The molecule has 1 aromatic rings. The summed E-state index contributed by atoms with van der Waals surface area (Å²) in [6.07, 6.45) is 10.1. The van der Waals surface area contributed by atoms with Gasteiger partial charge in [-0.2, -0.15) is 0 Å². The third kappa shape index (κ3) is 4.33. The minimum absolute atomic E-state index is 0.327. The van der Waals surface area contributed by atoms with Crippen LogP contribution in [0.4, 0.5) is 0 Å². The maximum atomic E-state index is 4.19. The van der Waals surface area contributed by atoms with Crippen molar-refractivity contribution in [2.75, 3.05) is 0 Å². The molecule has 86 valence electrons. The van der Waals surface area contributed by atoms with Gasteiger partial charge in [0.1, 0.15) is 0 Å². The van der Waals surface area contributed by atoms with Crippen molar-refractivity contribution >= 4 is 11.5 Å². The highest BCUT2D eigenvalue weighted by molar-refractivity contribution is 7.05. The molecule has 1 heterocycles. The molecule has 1 nitrogen and oxygen atoms in total. The van der Waals surface area contributed by atoms with Gasteiger partial charge in [-0.1, -0.05) is 52.9 Å². The number of nitrogens with zero attached hydrogens (tertiary/aromatic N) is 1. The fourth-order valence-electron chi connectivity index (χ4n) is 1.86. The van der Waals surface area contributed by atoms with Crippen LogP contribution in [0, 0.1) is 0 Å². The maximum Gasteiger partial charge on any atom is 0.0409 e. The molecule has 15 heavy (non-hydrogen) atoms. The summed E-state index contributed by atoms with van der Waals surface area (Å²) in [5.74, 6) is 0. The fourth-order valence-corrected chi connectivity index (χ4v) is 2.56. The van der Waals surface area contributed by atoms with Crippen LogP contribution in [0.3, 0.4) is 0 Å². The van der Waals surface area contributed by atoms with E-state index < -0.39 is 0 Å². The molecule has 0 amide bonds. The lowest BCUT2D eigenvalue weighted by Gasteiger charge is -2.22. The van der Waals surface area contributed by atoms with Gasteiger partial charge < -0.3 is 0 Å². The summed E-state index contributed by atoms with van der Waals surface area (Å²) in [5, 5.41) is 0. The van der Waals surface area contributed by atoms with E-state index in [2.05, 4.69) is 31.2 Å². The molecule has 0 spiro atoms. The summed E-state index contributed by atoms with van der Waals surface area (Å²) < 4.78 is 4.19. The smallest absolute Gasteiger partial charge is 0.0409 e. The molecule has 0 saturated carbocycles. The number of unbranched alkanes of at least 4 members (excludes halogenated alkanes) is 4. The predicted molar refractivity (Wildman–Crippen MR) is 68.5 cm³/mol. The minimum atomic E-state index is 0.327. The van der Waals surface area contributed by atoms with Gasteiger partial charge in [-0.05, 0) is 24.0 Å². The number of aromatic nitrogens is 1. The number of hydrogen-bond donors (Lipinski definition) is 0. The highest BCUT2D eigenvalue weighted by atomic mass is 32.1. The zero-order valence-electron chi connectivity index (χ0n) is 10.3. The van der Waals surface area contributed by atoms with Crippen LogP contribution in [-0.2, 0) is 5.41 Å². The van der Waals surface area contributed by atoms with Crippen LogP contribution in [0.25, 0.3) is 0 Å². The highest BCUT2D eigenvalue weighted by Gasteiger charge is 2.21. The Kier molecular flexibility index (Phi) is 5.30. The molecule has 0 aliphatic rings. The minimum Gasteiger partial charge on any atom is -0.201 e. The molecule has 0 N–H and O–H groups in total. The Morgan fingerprint density at radius 1 is 1.20 bits per heavy atom. The monoisotopic (exact) mass is 225 g/mol. The normalized spacial score (nSPS) is 11.9. The summed E-state index contributed by atoms with van der Waals surface area (Å²) in [7, 11) is 0. The van der Waals surface area contributed by atoms with Crippen molar-refractivity contribution in [3.8, 4) is 0 Å². The van der Waals surface area contributed by atoms with Gasteiger partial charge in [-0.15, -0.1) is 0 Å². The van der Waals surface area contributed by atoms with Crippen molar-refractivity contribution in [2.45, 2.75) is 64.7 Å². The summed E-state index contributed by atoms with van der Waals surface area (Å²) in [5.41, 5.74) is 0.327. The van der Waals surface area contributed by atoms with E-state index in [1.807, 2.05) is 6.20 Å². The first-order chi connectivity index (χ1) is 7.17. The Bertz CT molecular complexity index is 252. The van der Waals surface area contributed by atoms with E-state index in [0.717, 1.165) is 0 Å². The second-order valence-electron chi connectivity index (χ2n) is 4.92. The van der Waals surface area contributed by atoms with Crippen molar-refractivity contribution in [3.63, 3.8) is 0 Å². The average molecular weight is 225 g/mol. The van der Waals surface area contributed by atoms with Crippen LogP contribution in [0.5, 0.6) is 0 Å². The zero-order valence-corrected chi connectivity index (χ0v) is 11.1. The van der Waals surface area contributed by atoms with Gasteiger partial charge in [0.05, 0.1) is 0 Å². The van der Waals surface area contributed by atoms with E-state index in [1.54, 1.807) is 11.5 Å². The molecule has 1 rings (SSSR count). The molecule has 0 radical (unpaired) electrons. The molecule has 0 aliphatic heterocycles. The Balaban J connectivity index is 2.25. The largest absolute Gasteiger partial charge is 0.201 e. The van der Waals surface area contributed by atoms with E-state index in [0.29, 0.717) is 5.41 Å². The van der Waals surface area contributed by atoms with E-state index in [1.165, 1.54) is 43.4 Å². The van der Waals surface area contributed by atoms with Gasteiger partial charge in [0, 0.05) is 16.5 Å². The highest BCUT2D eigenvalue weighted by Crippen LogP contribution is 2.31.